The predicted octanol–water partition coefficient (Wildman–Crippen LogP) is 2.12. The largest absolute Gasteiger partial charge is 0.496 e. The molecule has 0 unspecified atom stereocenters. The fourth-order valence-corrected chi connectivity index (χ4v) is 3.53. The number of hydrogen-bond acceptors (Lipinski definition) is 4. The van der Waals surface area contributed by atoms with Crippen molar-refractivity contribution in [2.75, 3.05) is 26.5 Å². The first-order valence-corrected chi connectivity index (χ1v) is 10.5. The molecule has 0 spiro atoms. The average molecular weight is 391 g/mol. The van der Waals surface area contributed by atoms with Crippen molar-refractivity contribution in [3.63, 3.8) is 0 Å². The highest BCUT2D eigenvalue weighted by Crippen LogP contribution is 2.18. The van der Waals surface area contributed by atoms with Gasteiger partial charge in [0.2, 0.25) is 15.9 Å². The van der Waals surface area contributed by atoms with Gasteiger partial charge in [0.25, 0.3) is 0 Å². The molecular weight excluding hydrogens is 364 g/mol. The number of ether oxygens (including phenoxy) is 1. The van der Waals surface area contributed by atoms with Crippen molar-refractivity contribution < 1.29 is 17.9 Å². The molecule has 27 heavy (non-hydrogen) atoms. The molecule has 2 rings (SSSR count). The molecule has 1 N–H and O–H groups in total. The standard InChI is InChI=1S/C20H26N2O4S/c1-16-7-6-8-17(13-16)14-21-20(23)15-22(27(3,24)25)12-11-18-9-4-5-10-19(18)26-2/h4-10,13H,11-12,14-15H2,1-3H3,(H,21,23). The van der Waals surface area contributed by atoms with Crippen LogP contribution in [0.15, 0.2) is 48.5 Å². The van der Waals surface area contributed by atoms with E-state index in [1.807, 2.05) is 55.5 Å². The van der Waals surface area contributed by atoms with Crippen LogP contribution < -0.4 is 10.1 Å². The third kappa shape index (κ3) is 6.69. The number of hydrogen-bond donors (Lipinski definition) is 1. The Morgan fingerprint density at radius 1 is 1.15 bits per heavy atom. The molecule has 0 heterocycles. The molecule has 0 saturated carbocycles. The number of nitrogens with zero attached hydrogens (tertiary/aromatic N) is 1. The quantitative estimate of drug-likeness (QED) is 0.712. The minimum Gasteiger partial charge on any atom is -0.496 e. The van der Waals surface area contributed by atoms with Gasteiger partial charge in [-0.1, -0.05) is 48.0 Å². The molecule has 6 nitrogen and oxygen atoms in total. The highest BCUT2D eigenvalue weighted by atomic mass is 32.2. The molecule has 0 bridgehead atoms. The Bertz CT molecular complexity index is 881. The van der Waals surface area contributed by atoms with Crippen LogP contribution in [0.5, 0.6) is 5.75 Å². The van der Waals surface area contributed by atoms with Crippen LogP contribution in [0, 0.1) is 6.92 Å². The monoisotopic (exact) mass is 390 g/mol. The van der Waals surface area contributed by atoms with E-state index in [4.69, 9.17) is 4.74 Å². The first kappa shape index (κ1) is 20.9. The van der Waals surface area contributed by atoms with Crippen LogP contribution in [0.1, 0.15) is 16.7 Å². The first-order valence-electron chi connectivity index (χ1n) is 8.69. The molecule has 1 amide bonds. The van der Waals surface area contributed by atoms with Gasteiger partial charge < -0.3 is 10.1 Å². The second kappa shape index (κ2) is 9.53. The van der Waals surface area contributed by atoms with E-state index in [-0.39, 0.29) is 19.0 Å². The number of sulfonamides is 1. The van der Waals surface area contributed by atoms with E-state index in [1.165, 1.54) is 4.31 Å². The summed E-state index contributed by atoms with van der Waals surface area (Å²) in [5.74, 6) is 0.372. The number of amides is 1. The lowest BCUT2D eigenvalue weighted by Gasteiger charge is -2.20. The van der Waals surface area contributed by atoms with Crippen molar-refractivity contribution in [1.82, 2.24) is 9.62 Å². The van der Waals surface area contributed by atoms with Crippen LogP contribution >= 0.6 is 0 Å². The molecule has 0 aromatic heterocycles. The molecule has 0 radical (unpaired) electrons. The van der Waals surface area contributed by atoms with Crippen molar-refractivity contribution in [1.29, 1.82) is 0 Å². The molecule has 2 aromatic rings. The minimum absolute atomic E-state index is 0.205. The van der Waals surface area contributed by atoms with Crippen LogP contribution in [-0.4, -0.2) is 45.1 Å². The van der Waals surface area contributed by atoms with Crippen molar-refractivity contribution in [3.8, 4) is 5.75 Å². The van der Waals surface area contributed by atoms with E-state index in [0.29, 0.717) is 18.7 Å². The zero-order valence-corrected chi connectivity index (χ0v) is 16.8. The van der Waals surface area contributed by atoms with E-state index >= 15 is 0 Å². The van der Waals surface area contributed by atoms with Gasteiger partial charge in [0, 0.05) is 13.1 Å². The molecule has 0 aliphatic carbocycles. The topological polar surface area (TPSA) is 75.7 Å². The molecule has 0 atom stereocenters. The summed E-state index contributed by atoms with van der Waals surface area (Å²) in [7, 11) is -1.93. The van der Waals surface area contributed by atoms with Crippen LogP contribution in [0.25, 0.3) is 0 Å². The van der Waals surface area contributed by atoms with Gasteiger partial charge >= 0.3 is 0 Å². The second-order valence-electron chi connectivity index (χ2n) is 6.42. The zero-order valence-electron chi connectivity index (χ0n) is 15.9. The fraction of sp³-hybridized carbons (Fsp3) is 0.350. The number of carbonyl (C=O) groups is 1. The van der Waals surface area contributed by atoms with Crippen LogP contribution in [0.2, 0.25) is 0 Å². The summed E-state index contributed by atoms with van der Waals surface area (Å²) in [6.07, 6.45) is 1.57. The third-order valence-corrected chi connectivity index (χ3v) is 5.43. The van der Waals surface area contributed by atoms with Gasteiger partial charge in [0.15, 0.2) is 0 Å². The fourth-order valence-electron chi connectivity index (χ4n) is 2.76. The Labute approximate surface area is 161 Å². The van der Waals surface area contributed by atoms with Gasteiger partial charge in [0.1, 0.15) is 5.75 Å². The second-order valence-corrected chi connectivity index (χ2v) is 8.41. The third-order valence-electron chi connectivity index (χ3n) is 4.18. The maximum absolute atomic E-state index is 12.3. The first-order chi connectivity index (χ1) is 12.8. The summed E-state index contributed by atoms with van der Waals surface area (Å²) in [6, 6.07) is 15.2. The molecule has 0 fully saturated rings. The summed E-state index contributed by atoms with van der Waals surface area (Å²) in [5, 5.41) is 2.78. The normalized spacial score (nSPS) is 11.4. The lowest BCUT2D eigenvalue weighted by molar-refractivity contribution is -0.121. The highest BCUT2D eigenvalue weighted by molar-refractivity contribution is 7.88. The number of benzene rings is 2. The van der Waals surface area contributed by atoms with Crippen molar-refractivity contribution in [3.05, 3.63) is 65.2 Å². The van der Waals surface area contributed by atoms with E-state index in [9.17, 15) is 13.2 Å². The number of nitrogens with one attached hydrogen (secondary N) is 1. The van der Waals surface area contributed by atoms with Crippen LogP contribution in [-0.2, 0) is 27.8 Å². The molecule has 2 aromatic carbocycles. The Balaban J connectivity index is 1.96. The number of methoxy groups -OCH3 is 1. The molecule has 146 valence electrons. The van der Waals surface area contributed by atoms with Gasteiger partial charge in [-0.25, -0.2) is 8.42 Å². The maximum atomic E-state index is 12.3. The summed E-state index contributed by atoms with van der Waals surface area (Å²) in [4.78, 5) is 12.3. The highest BCUT2D eigenvalue weighted by Gasteiger charge is 2.20. The van der Waals surface area contributed by atoms with Gasteiger partial charge in [0.05, 0.1) is 19.9 Å². The lowest BCUT2D eigenvalue weighted by Crippen LogP contribution is -2.41. The van der Waals surface area contributed by atoms with Gasteiger partial charge in [-0.15, -0.1) is 0 Å². The summed E-state index contributed by atoms with van der Waals surface area (Å²) in [5.41, 5.74) is 2.98. The summed E-state index contributed by atoms with van der Waals surface area (Å²) in [6.45, 7) is 2.34. The van der Waals surface area contributed by atoms with Gasteiger partial charge in [-0.05, 0) is 30.5 Å². The van der Waals surface area contributed by atoms with Crippen LogP contribution in [0.4, 0.5) is 0 Å². The van der Waals surface area contributed by atoms with Gasteiger partial charge in [-0.2, -0.15) is 4.31 Å². The number of aryl methyl sites for hydroxylation is 1. The average Bonchev–Trinajstić information content (AvgIpc) is 2.62. The van der Waals surface area contributed by atoms with Gasteiger partial charge in [-0.3, -0.25) is 4.79 Å². The molecule has 0 aliphatic heterocycles. The van der Waals surface area contributed by atoms with Crippen molar-refractivity contribution >= 4 is 15.9 Å². The maximum Gasteiger partial charge on any atom is 0.235 e. The zero-order chi connectivity index (χ0) is 19.9. The van der Waals surface area contributed by atoms with E-state index in [2.05, 4.69) is 5.32 Å². The Kier molecular flexibility index (Phi) is 7.38. The molecule has 0 aliphatic rings. The minimum atomic E-state index is -3.51. The lowest BCUT2D eigenvalue weighted by atomic mass is 10.1. The number of rotatable bonds is 9. The number of carbonyl (C=O) groups excluding carboxylic acids is 1. The van der Waals surface area contributed by atoms with Crippen molar-refractivity contribution in [2.24, 2.45) is 0 Å². The number of para-hydroxylation sites is 1. The van der Waals surface area contributed by atoms with Crippen LogP contribution in [0.3, 0.4) is 0 Å². The molecule has 0 saturated heterocycles. The summed E-state index contributed by atoms with van der Waals surface area (Å²) >= 11 is 0. The predicted molar refractivity (Wildman–Crippen MR) is 106 cm³/mol. The molecule has 7 heteroatoms. The Hall–Kier alpha value is -2.38. The van der Waals surface area contributed by atoms with E-state index in [0.717, 1.165) is 22.9 Å². The Morgan fingerprint density at radius 3 is 2.56 bits per heavy atom. The SMILES string of the molecule is COc1ccccc1CCN(CC(=O)NCc1cccc(C)c1)S(C)(=O)=O. The smallest absolute Gasteiger partial charge is 0.235 e. The Morgan fingerprint density at radius 2 is 1.89 bits per heavy atom. The van der Waals surface area contributed by atoms with E-state index < -0.39 is 10.0 Å². The van der Waals surface area contributed by atoms with E-state index in [1.54, 1.807) is 7.11 Å². The van der Waals surface area contributed by atoms with Crippen molar-refractivity contribution in [2.45, 2.75) is 19.9 Å². The molecular formula is C20H26N2O4S. The summed E-state index contributed by atoms with van der Waals surface area (Å²) < 4.78 is 30.6.